The molecule has 0 bridgehead atoms. The minimum Gasteiger partial charge on any atom is -0.399 e. The Kier molecular flexibility index (Phi) is 11.1. The molecule has 3 aromatic carbocycles. The lowest BCUT2D eigenvalue weighted by atomic mass is 9.93. The fourth-order valence-corrected chi connectivity index (χ4v) is 5.28. The van der Waals surface area contributed by atoms with Gasteiger partial charge < -0.3 is 21.3 Å². The van der Waals surface area contributed by atoms with Crippen molar-refractivity contribution in [3.8, 4) is 11.1 Å². The number of carbonyl (C=O) groups is 1. The number of benzene rings is 3. The normalized spacial score (nSPS) is 12.4. The molecule has 0 aromatic heterocycles. The molecule has 0 fully saturated rings. The molecule has 1 atom stereocenters. The molecule has 8 nitrogen and oxygen atoms in total. The third-order valence-corrected chi connectivity index (χ3v) is 7.66. The van der Waals surface area contributed by atoms with Crippen LogP contribution in [0.1, 0.15) is 53.4 Å². The summed E-state index contributed by atoms with van der Waals surface area (Å²) in [6, 6.07) is 20.8. The van der Waals surface area contributed by atoms with Gasteiger partial charge in [0.25, 0.3) is 5.91 Å². The average molecular weight is 554 g/mol. The van der Waals surface area contributed by atoms with Gasteiger partial charge in [-0.3, -0.25) is 4.79 Å². The summed E-state index contributed by atoms with van der Waals surface area (Å²) in [5, 5.41) is 22.5. The van der Waals surface area contributed by atoms with Crippen LogP contribution in [-0.4, -0.2) is 50.0 Å². The van der Waals surface area contributed by atoms with E-state index in [9.17, 15) is 18.3 Å². The lowest BCUT2D eigenvalue weighted by molar-refractivity contribution is 0.0980. The fraction of sp³-hybridized carbons (Fsp3) is 0.367. The van der Waals surface area contributed by atoms with Gasteiger partial charge in [-0.05, 0) is 77.7 Å². The number of nitrogen functional groups attached to an aromatic ring is 1. The number of amides is 1. The number of hydrogen-bond acceptors (Lipinski definition) is 7. The number of hydrogen-bond donors (Lipinski definition) is 5. The highest BCUT2D eigenvalue weighted by atomic mass is 32.2. The minimum absolute atomic E-state index is 0.0675. The molecule has 0 aliphatic rings. The Balaban J connectivity index is 1.63. The SMILES string of the molecule is CC(C)Cc1cc(-c2ccc(CCNC[C@@H](O)c3ccc(N)cc3)cc2)ccc1C(=O)NS(=O)(=O)CCCO. The van der Waals surface area contributed by atoms with Crippen LogP contribution in [0.3, 0.4) is 0 Å². The lowest BCUT2D eigenvalue weighted by Crippen LogP contribution is -2.33. The van der Waals surface area contributed by atoms with Crippen molar-refractivity contribution in [1.82, 2.24) is 10.0 Å². The van der Waals surface area contributed by atoms with E-state index in [2.05, 4.69) is 22.2 Å². The van der Waals surface area contributed by atoms with Gasteiger partial charge in [-0.15, -0.1) is 0 Å². The maximum Gasteiger partial charge on any atom is 0.265 e. The predicted molar refractivity (Wildman–Crippen MR) is 156 cm³/mol. The molecule has 0 aliphatic carbocycles. The Hall–Kier alpha value is -3.24. The second-order valence-corrected chi connectivity index (χ2v) is 12.0. The molecule has 3 aromatic rings. The zero-order valence-electron chi connectivity index (χ0n) is 22.6. The summed E-state index contributed by atoms with van der Waals surface area (Å²) in [6.45, 7) is 5.00. The van der Waals surface area contributed by atoms with Crippen molar-refractivity contribution < 1.29 is 23.4 Å². The van der Waals surface area contributed by atoms with Crippen molar-refractivity contribution in [2.24, 2.45) is 5.92 Å². The minimum atomic E-state index is -3.82. The maximum atomic E-state index is 12.8. The summed E-state index contributed by atoms with van der Waals surface area (Å²) in [5.74, 6) is -0.691. The molecular weight excluding hydrogens is 514 g/mol. The maximum absolute atomic E-state index is 12.8. The molecule has 0 unspecified atom stereocenters. The van der Waals surface area contributed by atoms with Crippen molar-refractivity contribution >= 4 is 21.6 Å². The zero-order valence-corrected chi connectivity index (χ0v) is 23.4. The van der Waals surface area contributed by atoms with Crippen molar-refractivity contribution in [2.75, 3.05) is 31.2 Å². The second-order valence-electron chi connectivity index (χ2n) is 10.1. The van der Waals surface area contributed by atoms with Crippen LogP contribution in [0.5, 0.6) is 0 Å². The third kappa shape index (κ3) is 9.47. The summed E-state index contributed by atoms with van der Waals surface area (Å²) in [7, 11) is -3.82. The van der Waals surface area contributed by atoms with Crippen molar-refractivity contribution in [2.45, 2.75) is 39.2 Å². The summed E-state index contributed by atoms with van der Waals surface area (Å²) in [4.78, 5) is 12.8. The number of aliphatic hydroxyl groups excluding tert-OH is 2. The van der Waals surface area contributed by atoms with Crippen LogP contribution in [0.25, 0.3) is 11.1 Å². The largest absolute Gasteiger partial charge is 0.399 e. The quantitative estimate of drug-likeness (QED) is 0.152. The van der Waals surface area contributed by atoms with E-state index in [4.69, 9.17) is 10.8 Å². The topological polar surface area (TPSA) is 142 Å². The standard InChI is InChI=1S/C30H39N3O5S/c1-21(2)18-26-19-25(10-13-28(26)30(36)33-39(37,38)17-3-16-34)23-6-4-22(5-7-23)14-15-32-20-29(35)24-8-11-27(31)12-9-24/h4-13,19,21,29,32,34-35H,3,14-18,20,31H2,1-2H3,(H,33,36)/t29-/m1/s1. The number of nitrogens with one attached hydrogen (secondary N) is 2. The highest BCUT2D eigenvalue weighted by Crippen LogP contribution is 2.25. The van der Waals surface area contributed by atoms with E-state index in [0.717, 1.165) is 40.8 Å². The van der Waals surface area contributed by atoms with Crippen LogP contribution in [-0.2, 0) is 22.9 Å². The van der Waals surface area contributed by atoms with E-state index in [1.165, 1.54) is 0 Å². The summed E-state index contributed by atoms with van der Waals surface area (Å²) < 4.78 is 26.5. The van der Waals surface area contributed by atoms with Gasteiger partial charge in [-0.1, -0.05) is 62.4 Å². The molecule has 210 valence electrons. The Morgan fingerprint density at radius 3 is 2.28 bits per heavy atom. The second kappa shape index (κ2) is 14.2. The Morgan fingerprint density at radius 1 is 0.974 bits per heavy atom. The van der Waals surface area contributed by atoms with Gasteiger partial charge in [-0.25, -0.2) is 13.1 Å². The third-order valence-electron chi connectivity index (χ3n) is 6.33. The van der Waals surface area contributed by atoms with E-state index < -0.39 is 22.0 Å². The molecule has 0 radical (unpaired) electrons. The van der Waals surface area contributed by atoms with Gasteiger partial charge in [0.05, 0.1) is 11.9 Å². The smallest absolute Gasteiger partial charge is 0.265 e. The molecule has 0 spiro atoms. The monoisotopic (exact) mass is 553 g/mol. The number of nitrogens with two attached hydrogens (primary N) is 1. The van der Waals surface area contributed by atoms with E-state index in [0.29, 0.717) is 24.2 Å². The van der Waals surface area contributed by atoms with Gasteiger partial charge in [0.1, 0.15) is 0 Å². The molecule has 39 heavy (non-hydrogen) atoms. The van der Waals surface area contributed by atoms with Crippen LogP contribution in [0, 0.1) is 5.92 Å². The van der Waals surface area contributed by atoms with Crippen molar-refractivity contribution in [1.29, 1.82) is 0 Å². The Bertz CT molecular complexity index is 1320. The molecule has 1 amide bonds. The van der Waals surface area contributed by atoms with E-state index in [1.807, 2.05) is 50.2 Å². The van der Waals surface area contributed by atoms with E-state index in [1.54, 1.807) is 18.2 Å². The first kappa shape index (κ1) is 30.3. The summed E-state index contributed by atoms with van der Waals surface area (Å²) in [5.41, 5.74) is 11.4. The summed E-state index contributed by atoms with van der Waals surface area (Å²) in [6.07, 6.45) is 0.896. The van der Waals surface area contributed by atoms with Crippen LogP contribution < -0.4 is 15.8 Å². The Morgan fingerprint density at radius 2 is 1.64 bits per heavy atom. The van der Waals surface area contributed by atoms with Crippen LogP contribution in [0.2, 0.25) is 0 Å². The number of aliphatic hydroxyl groups is 2. The van der Waals surface area contributed by atoms with Crippen molar-refractivity contribution in [3.05, 3.63) is 89.0 Å². The van der Waals surface area contributed by atoms with Gasteiger partial charge in [0, 0.05) is 24.4 Å². The van der Waals surface area contributed by atoms with Gasteiger partial charge >= 0.3 is 0 Å². The van der Waals surface area contributed by atoms with Gasteiger partial charge in [-0.2, -0.15) is 0 Å². The van der Waals surface area contributed by atoms with Crippen LogP contribution in [0.15, 0.2) is 66.7 Å². The van der Waals surface area contributed by atoms with Gasteiger partial charge in [0.15, 0.2) is 0 Å². The molecular formula is C30H39N3O5S. The van der Waals surface area contributed by atoms with Crippen LogP contribution in [0.4, 0.5) is 5.69 Å². The zero-order chi connectivity index (χ0) is 28.4. The number of rotatable bonds is 14. The highest BCUT2D eigenvalue weighted by molar-refractivity contribution is 7.90. The van der Waals surface area contributed by atoms with Gasteiger partial charge in [0.2, 0.25) is 10.0 Å². The summed E-state index contributed by atoms with van der Waals surface area (Å²) >= 11 is 0. The first-order valence-electron chi connectivity index (χ1n) is 13.2. The molecule has 0 heterocycles. The number of carbonyl (C=O) groups excluding carboxylic acids is 1. The molecule has 9 heteroatoms. The highest BCUT2D eigenvalue weighted by Gasteiger charge is 2.19. The van der Waals surface area contributed by atoms with E-state index in [-0.39, 0.29) is 24.7 Å². The predicted octanol–water partition coefficient (Wildman–Crippen LogP) is 3.44. The number of anilines is 1. The lowest BCUT2D eigenvalue weighted by Gasteiger charge is -2.15. The van der Waals surface area contributed by atoms with E-state index >= 15 is 0 Å². The number of sulfonamides is 1. The molecule has 3 rings (SSSR count). The fourth-order valence-electron chi connectivity index (χ4n) is 4.28. The molecule has 6 N–H and O–H groups in total. The molecule has 0 saturated carbocycles. The van der Waals surface area contributed by atoms with Crippen molar-refractivity contribution in [3.63, 3.8) is 0 Å². The molecule has 0 saturated heterocycles. The first-order chi connectivity index (χ1) is 18.6. The Labute approximate surface area is 231 Å². The average Bonchev–Trinajstić information content (AvgIpc) is 2.90. The molecule has 0 aliphatic heterocycles. The first-order valence-corrected chi connectivity index (χ1v) is 14.9. The van der Waals surface area contributed by atoms with Crippen LogP contribution >= 0.6 is 0 Å².